The van der Waals surface area contributed by atoms with Crippen LogP contribution in [0.2, 0.25) is 0 Å². The van der Waals surface area contributed by atoms with E-state index in [2.05, 4.69) is 5.32 Å². The molecule has 0 fully saturated rings. The fourth-order valence-corrected chi connectivity index (χ4v) is 2.01. The van der Waals surface area contributed by atoms with Crippen molar-refractivity contribution in [1.29, 1.82) is 0 Å². The summed E-state index contributed by atoms with van der Waals surface area (Å²) in [7, 11) is 3.53. The van der Waals surface area contributed by atoms with Gasteiger partial charge in [-0.05, 0) is 38.1 Å². The predicted octanol–water partition coefficient (Wildman–Crippen LogP) is 2.33. The first-order valence-corrected chi connectivity index (χ1v) is 5.97. The zero-order valence-electron chi connectivity index (χ0n) is 11.2. The maximum Gasteiger partial charge on any atom is 0.268 e. The number of hydrogen-bond donors (Lipinski definition) is 1. The Hall–Kier alpha value is -1.97. The first-order chi connectivity index (χ1) is 8.52. The number of amides is 1. The van der Waals surface area contributed by atoms with Gasteiger partial charge in [-0.25, -0.2) is 0 Å². The van der Waals surface area contributed by atoms with Gasteiger partial charge in [0.05, 0.1) is 7.11 Å². The third-order valence-corrected chi connectivity index (χ3v) is 2.90. The van der Waals surface area contributed by atoms with Crippen molar-refractivity contribution >= 4 is 16.8 Å². The van der Waals surface area contributed by atoms with Gasteiger partial charge < -0.3 is 14.6 Å². The topological polar surface area (TPSA) is 43.3 Å². The van der Waals surface area contributed by atoms with Gasteiger partial charge in [0.25, 0.3) is 5.91 Å². The molecule has 2 rings (SSSR count). The van der Waals surface area contributed by atoms with Crippen LogP contribution in [0.25, 0.3) is 10.9 Å². The van der Waals surface area contributed by atoms with Crippen molar-refractivity contribution in [2.75, 3.05) is 7.11 Å². The van der Waals surface area contributed by atoms with Crippen molar-refractivity contribution in [3.8, 4) is 5.75 Å². The second kappa shape index (κ2) is 4.72. The van der Waals surface area contributed by atoms with Crippen LogP contribution in [0.5, 0.6) is 5.75 Å². The lowest BCUT2D eigenvalue weighted by molar-refractivity contribution is 0.0935. The van der Waals surface area contributed by atoms with Crippen LogP contribution in [0.3, 0.4) is 0 Å². The van der Waals surface area contributed by atoms with Crippen molar-refractivity contribution in [2.45, 2.75) is 19.9 Å². The Morgan fingerprint density at radius 3 is 2.67 bits per heavy atom. The molecule has 0 saturated heterocycles. The number of rotatable bonds is 3. The standard InChI is InChI=1S/C14H18N2O2/c1-9(2)15-14(17)13-8-10-7-11(18-4)5-6-12(10)16(13)3/h5-9H,1-4H3,(H,15,17). The van der Waals surface area contributed by atoms with Gasteiger partial charge in [-0.1, -0.05) is 0 Å². The summed E-state index contributed by atoms with van der Waals surface area (Å²) in [5.41, 5.74) is 1.68. The zero-order valence-corrected chi connectivity index (χ0v) is 11.2. The fraction of sp³-hybridized carbons (Fsp3) is 0.357. The van der Waals surface area contributed by atoms with Gasteiger partial charge in [0.2, 0.25) is 0 Å². The summed E-state index contributed by atoms with van der Waals surface area (Å²) in [6, 6.07) is 7.80. The van der Waals surface area contributed by atoms with Crippen LogP contribution in [0.1, 0.15) is 24.3 Å². The molecule has 0 aliphatic rings. The molecule has 4 heteroatoms. The van der Waals surface area contributed by atoms with E-state index in [0.29, 0.717) is 5.69 Å². The van der Waals surface area contributed by atoms with Crippen LogP contribution in [0.4, 0.5) is 0 Å². The van der Waals surface area contributed by atoms with E-state index < -0.39 is 0 Å². The summed E-state index contributed by atoms with van der Waals surface area (Å²) in [5.74, 6) is 0.742. The molecule has 0 aliphatic carbocycles. The minimum atomic E-state index is -0.0531. The molecular formula is C14H18N2O2. The molecule has 0 bridgehead atoms. The number of nitrogens with zero attached hydrogens (tertiary/aromatic N) is 1. The van der Waals surface area contributed by atoms with Gasteiger partial charge in [-0.2, -0.15) is 0 Å². The Morgan fingerprint density at radius 2 is 2.06 bits per heavy atom. The number of methoxy groups -OCH3 is 1. The highest BCUT2D eigenvalue weighted by Crippen LogP contribution is 2.23. The number of carbonyl (C=O) groups excluding carboxylic acids is 1. The van der Waals surface area contributed by atoms with Gasteiger partial charge in [0.1, 0.15) is 11.4 Å². The number of nitrogens with one attached hydrogen (secondary N) is 1. The lowest BCUT2D eigenvalue weighted by Gasteiger charge is -2.08. The minimum Gasteiger partial charge on any atom is -0.497 e. The minimum absolute atomic E-state index is 0.0531. The maximum absolute atomic E-state index is 12.0. The zero-order chi connectivity index (χ0) is 13.3. The van der Waals surface area contributed by atoms with E-state index in [-0.39, 0.29) is 11.9 Å². The SMILES string of the molecule is COc1ccc2c(c1)cc(C(=O)NC(C)C)n2C. The number of aromatic nitrogens is 1. The van der Waals surface area contributed by atoms with Crippen molar-refractivity contribution < 1.29 is 9.53 Å². The maximum atomic E-state index is 12.0. The Bertz CT molecular complexity index is 585. The van der Waals surface area contributed by atoms with Crippen LogP contribution in [-0.2, 0) is 7.05 Å². The van der Waals surface area contributed by atoms with E-state index in [4.69, 9.17) is 4.74 Å². The number of fused-ring (bicyclic) bond motifs is 1. The summed E-state index contributed by atoms with van der Waals surface area (Å²) in [6.07, 6.45) is 0. The molecule has 0 atom stereocenters. The number of benzene rings is 1. The largest absolute Gasteiger partial charge is 0.497 e. The van der Waals surface area contributed by atoms with E-state index >= 15 is 0 Å². The molecule has 1 aromatic heterocycles. The van der Waals surface area contributed by atoms with Gasteiger partial charge in [-0.3, -0.25) is 4.79 Å². The molecule has 0 radical (unpaired) electrons. The fourth-order valence-electron chi connectivity index (χ4n) is 2.01. The van der Waals surface area contributed by atoms with Crippen LogP contribution in [0, 0.1) is 0 Å². The van der Waals surface area contributed by atoms with Crippen molar-refractivity contribution in [1.82, 2.24) is 9.88 Å². The second-order valence-electron chi connectivity index (χ2n) is 4.64. The molecule has 4 nitrogen and oxygen atoms in total. The van der Waals surface area contributed by atoms with Gasteiger partial charge in [0, 0.05) is 24.0 Å². The highest BCUT2D eigenvalue weighted by molar-refractivity contribution is 5.99. The Balaban J connectivity index is 2.46. The molecule has 1 amide bonds. The second-order valence-corrected chi connectivity index (χ2v) is 4.64. The number of aryl methyl sites for hydroxylation is 1. The molecule has 1 N–H and O–H groups in total. The van der Waals surface area contributed by atoms with Gasteiger partial charge in [-0.15, -0.1) is 0 Å². The molecule has 0 unspecified atom stereocenters. The molecule has 0 aliphatic heterocycles. The summed E-state index contributed by atoms with van der Waals surface area (Å²) in [6.45, 7) is 3.90. The molecule has 0 saturated carbocycles. The van der Waals surface area contributed by atoms with E-state index in [1.165, 1.54) is 0 Å². The number of hydrogen-bond acceptors (Lipinski definition) is 2. The third-order valence-electron chi connectivity index (χ3n) is 2.90. The Morgan fingerprint density at radius 1 is 1.33 bits per heavy atom. The summed E-state index contributed by atoms with van der Waals surface area (Å²) >= 11 is 0. The molecule has 1 heterocycles. The third kappa shape index (κ3) is 2.18. The number of ether oxygens (including phenoxy) is 1. The smallest absolute Gasteiger partial charge is 0.268 e. The van der Waals surface area contributed by atoms with Crippen molar-refractivity contribution in [2.24, 2.45) is 7.05 Å². The van der Waals surface area contributed by atoms with Gasteiger partial charge in [0.15, 0.2) is 0 Å². The monoisotopic (exact) mass is 246 g/mol. The Labute approximate surface area is 107 Å². The highest BCUT2D eigenvalue weighted by Gasteiger charge is 2.14. The molecule has 0 spiro atoms. The van der Waals surface area contributed by atoms with Crippen LogP contribution >= 0.6 is 0 Å². The molecule has 96 valence electrons. The van der Waals surface area contributed by atoms with E-state index in [0.717, 1.165) is 16.7 Å². The highest BCUT2D eigenvalue weighted by atomic mass is 16.5. The van der Waals surface area contributed by atoms with E-state index in [9.17, 15) is 4.79 Å². The normalized spacial score (nSPS) is 10.9. The molecule has 1 aromatic carbocycles. The molecular weight excluding hydrogens is 228 g/mol. The summed E-state index contributed by atoms with van der Waals surface area (Å²) < 4.78 is 7.08. The van der Waals surface area contributed by atoms with E-state index in [1.807, 2.05) is 49.7 Å². The lowest BCUT2D eigenvalue weighted by Crippen LogP contribution is -2.31. The average Bonchev–Trinajstić information content (AvgIpc) is 2.65. The summed E-state index contributed by atoms with van der Waals surface area (Å²) in [5, 5.41) is 3.90. The molecule has 2 aromatic rings. The predicted molar refractivity (Wildman–Crippen MR) is 72.1 cm³/mol. The van der Waals surface area contributed by atoms with Crippen molar-refractivity contribution in [3.63, 3.8) is 0 Å². The van der Waals surface area contributed by atoms with Gasteiger partial charge >= 0.3 is 0 Å². The first kappa shape index (κ1) is 12.5. The van der Waals surface area contributed by atoms with Crippen molar-refractivity contribution in [3.05, 3.63) is 30.0 Å². The Kier molecular flexibility index (Phi) is 3.28. The van der Waals surface area contributed by atoms with Crippen LogP contribution in [-0.4, -0.2) is 23.6 Å². The lowest BCUT2D eigenvalue weighted by atomic mass is 10.2. The van der Waals surface area contributed by atoms with Crippen LogP contribution in [0.15, 0.2) is 24.3 Å². The molecule has 18 heavy (non-hydrogen) atoms. The summed E-state index contributed by atoms with van der Waals surface area (Å²) in [4.78, 5) is 12.0. The number of carbonyl (C=O) groups is 1. The first-order valence-electron chi connectivity index (χ1n) is 5.97. The van der Waals surface area contributed by atoms with Crippen LogP contribution < -0.4 is 10.1 Å². The quantitative estimate of drug-likeness (QED) is 0.903. The average molecular weight is 246 g/mol. The van der Waals surface area contributed by atoms with E-state index in [1.54, 1.807) is 7.11 Å².